The number of aromatic amines is 1. The molecule has 0 radical (unpaired) electrons. The predicted molar refractivity (Wildman–Crippen MR) is 108 cm³/mol. The third kappa shape index (κ3) is 3.98. The van der Waals surface area contributed by atoms with Crippen molar-refractivity contribution in [2.45, 2.75) is 32.1 Å². The minimum absolute atomic E-state index is 0.0206. The Kier molecular flexibility index (Phi) is 5.50. The van der Waals surface area contributed by atoms with Gasteiger partial charge in [0.05, 0.1) is 11.0 Å². The predicted octanol–water partition coefficient (Wildman–Crippen LogP) is 2.40. The van der Waals surface area contributed by atoms with Crippen LogP contribution in [0.3, 0.4) is 0 Å². The Bertz CT molecular complexity index is 807. The van der Waals surface area contributed by atoms with Crippen LogP contribution >= 0.6 is 0 Å². The van der Waals surface area contributed by atoms with Crippen molar-refractivity contribution in [3.05, 3.63) is 30.1 Å². The molecule has 7 heteroatoms. The number of nitrogens with zero attached hydrogens (tertiary/aromatic N) is 3. The molecule has 0 aliphatic carbocycles. The van der Waals surface area contributed by atoms with Gasteiger partial charge in [-0.15, -0.1) is 0 Å². The van der Waals surface area contributed by atoms with Gasteiger partial charge in [-0.3, -0.25) is 4.79 Å². The second-order valence-electron chi connectivity index (χ2n) is 7.97. The highest BCUT2D eigenvalue weighted by Gasteiger charge is 2.34. The number of imidazole rings is 1. The summed E-state index contributed by atoms with van der Waals surface area (Å²) in [5.74, 6) is 2.30. The molecule has 2 aliphatic heterocycles. The number of amides is 3. The maximum absolute atomic E-state index is 12.7. The molecule has 1 aromatic heterocycles. The van der Waals surface area contributed by atoms with E-state index in [1.165, 1.54) is 0 Å². The molecule has 0 spiro atoms. The average Bonchev–Trinajstić information content (AvgIpc) is 3.38. The van der Waals surface area contributed by atoms with Crippen molar-refractivity contribution in [3.63, 3.8) is 0 Å². The molecule has 7 nitrogen and oxygen atoms in total. The summed E-state index contributed by atoms with van der Waals surface area (Å²) in [6.45, 7) is 3.37. The Labute approximate surface area is 165 Å². The van der Waals surface area contributed by atoms with Gasteiger partial charge in [-0.1, -0.05) is 12.1 Å². The molecule has 2 aromatic rings. The molecule has 2 saturated heterocycles. The number of fused-ring (bicyclic) bond motifs is 1. The largest absolute Gasteiger partial charge is 0.342 e. The molecule has 150 valence electrons. The van der Waals surface area contributed by atoms with Gasteiger partial charge in [-0.25, -0.2) is 9.78 Å². The first kappa shape index (κ1) is 18.8. The lowest BCUT2D eigenvalue weighted by Crippen LogP contribution is -2.44. The molecule has 3 amide bonds. The molecule has 0 bridgehead atoms. The minimum Gasteiger partial charge on any atom is -0.342 e. The van der Waals surface area contributed by atoms with E-state index in [2.05, 4.69) is 15.3 Å². The number of urea groups is 1. The lowest BCUT2D eigenvalue weighted by molar-refractivity contribution is -0.130. The molecule has 28 heavy (non-hydrogen) atoms. The number of aryl methyl sites for hydroxylation is 1. The Morgan fingerprint density at radius 1 is 1.11 bits per heavy atom. The molecule has 2 aliphatic rings. The molecule has 4 rings (SSSR count). The number of piperidine rings is 1. The zero-order valence-electron chi connectivity index (χ0n) is 16.5. The number of likely N-dealkylation sites (tertiary alicyclic amines) is 2. The Morgan fingerprint density at radius 2 is 1.82 bits per heavy atom. The number of rotatable bonds is 4. The van der Waals surface area contributed by atoms with Crippen molar-refractivity contribution < 1.29 is 9.59 Å². The summed E-state index contributed by atoms with van der Waals surface area (Å²) in [5, 5.41) is 2.70. The van der Waals surface area contributed by atoms with E-state index in [9.17, 15) is 9.59 Å². The van der Waals surface area contributed by atoms with Crippen LogP contribution in [0.25, 0.3) is 11.0 Å². The lowest BCUT2D eigenvalue weighted by Gasteiger charge is -2.34. The molecule has 2 N–H and O–H groups in total. The van der Waals surface area contributed by atoms with Crippen LogP contribution < -0.4 is 5.32 Å². The molecule has 1 aromatic carbocycles. The minimum atomic E-state index is 0.0206. The number of hydrogen-bond donors (Lipinski definition) is 2. The van der Waals surface area contributed by atoms with E-state index in [1.807, 2.05) is 34.1 Å². The summed E-state index contributed by atoms with van der Waals surface area (Å²) in [7, 11) is 1.68. The summed E-state index contributed by atoms with van der Waals surface area (Å²) in [4.78, 5) is 36.2. The lowest BCUT2D eigenvalue weighted by atomic mass is 9.84. The van der Waals surface area contributed by atoms with Crippen molar-refractivity contribution in [2.24, 2.45) is 11.8 Å². The molecule has 1 atom stereocenters. The van der Waals surface area contributed by atoms with Crippen LogP contribution in [0.1, 0.15) is 31.5 Å². The first-order chi connectivity index (χ1) is 13.6. The number of hydrogen-bond acceptors (Lipinski definition) is 3. The number of carbonyl (C=O) groups excluding carboxylic acids is 2. The monoisotopic (exact) mass is 383 g/mol. The first-order valence-electron chi connectivity index (χ1n) is 10.3. The van der Waals surface area contributed by atoms with Gasteiger partial charge < -0.3 is 20.1 Å². The van der Waals surface area contributed by atoms with Crippen LogP contribution in [0.2, 0.25) is 0 Å². The summed E-state index contributed by atoms with van der Waals surface area (Å²) in [6, 6.07) is 7.97. The fourth-order valence-electron chi connectivity index (χ4n) is 4.64. The average molecular weight is 383 g/mol. The fraction of sp³-hybridized carbons (Fsp3) is 0.571. The van der Waals surface area contributed by atoms with E-state index in [4.69, 9.17) is 0 Å². The molecular weight excluding hydrogens is 354 g/mol. The third-order valence-corrected chi connectivity index (χ3v) is 6.30. The van der Waals surface area contributed by atoms with E-state index < -0.39 is 0 Å². The van der Waals surface area contributed by atoms with E-state index in [0.717, 1.165) is 62.3 Å². The van der Waals surface area contributed by atoms with E-state index in [0.29, 0.717) is 24.7 Å². The standard InChI is InChI=1S/C21H29N5O2/c1-22-21(28)25-11-8-15(9-12-25)16-10-13-26(14-16)20(27)7-6-19-23-17-4-2-3-5-18(17)24-19/h2-5,15-16H,6-14H2,1H3,(H,22,28)(H,23,24). The molecule has 0 saturated carbocycles. The summed E-state index contributed by atoms with van der Waals surface area (Å²) < 4.78 is 0. The number of carbonyl (C=O) groups is 2. The highest BCUT2D eigenvalue weighted by atomic mass is 16.2. The number of para-hydroxylation sites is 2. The summed E-state index contributed by atoms with van der Waals surface area (Å²) in [6.07, 6.45) is 4.32. The number of H-pyrrole nitrogens is 1. The van der Waals surface area contributed by atoms with Gasteiger partial charge in [0.1, 0.15) is 5.82 Å². The Morgan fingerprint density at radius 3 is 2.57 bits per heavy atom. The highest BCUT2D eigenvalue weighted by molar-refractivity contribution is 5.77. The smallest absolute Gasteiger partial charge is 0.317 e. The van der Waals surface area contributed by atoms with Crippen molar-refractivity contribution in [3.8, 4) is 0 Å². The fourth-order valence-corrected chi connectivity index (χ4v) is 4.64. The molecule has 3 heterocycles. The van der Waals surface area contributed by atoms with Crippen molar-refractivity contribution in [1.29, 1.82) is 0 Å². The van der Waals surface area contributed by atoms with Crippen LogP contribution in [0.15, 0.2) is 24.3 Å². The van der Waals surface area contributed by atoms with Crippen LogP contribution in [0.5, 0.6) is 0 Å². The quantitative estimate of drug-likeness (QED) is 0.851. The third-order valence-electron chi connectivity index (χ3n) is 6.30. The van der Waals surface area contributed by atoms with Gasteiger partial charge in [0, 0.05) is 46.1 Å². The van der Waals surface area contributed by atoms with Gasteiger partial charge >= 0.3 is 6.03 Å². The van der Waals surface area contributed by atoms with Gasteiger partial charge in [0.15, 0.2) is 0 Å². The van der Waals surface area contributed by atoms with Crippen LogP contribution in [0, 0.1) is 11.8 Å². The SMILES string of the molecule is CNC(=O)N1CCC(C2CCN(C(=O)CCc3nc4ccccc4[nH]3)C2)CC1. The van der Waals surface area contributed by atoms with Gasteiger partial charge in [0.25, 0.3) is 0 Å². The second kappa shape index (κ2) is 8.20. The molecular formula is C21H29N5O2. The van der Waals surface area contributed by atoms with Crippen molar-refractivity contribution >= 4 is 23.0 Å². The maximum atomic E-state index is 12.7. The van der Waals surface area contributed by atoms with E-state index in [-0.39, 0.29) is 11.9 Å². The van der Waals surface area contributed by atoms with Gasteiger partial charge in [0.2, 0.25) is 5.91 Å². The van der Waals surface area contributed by atoms with Crippen LogP contribution in [0.4, 0.5) is 4.79 Å². The second-order valence-corrected chi connectivity index (χ2v) is 7.97. The molecule has 2 fully saturated rings. The number of benzene rings is 1. The van der Waals surface area contributed by atoms with Crippen molar-refractivity contribution in [1.82, 2.24) is 25.1 Å². The Balaban J connectivity index is 1.25. The van der Waals surface area contributed by atoms with Crippen molar-refractivity contribution in [2.75, 3.05) is 33.2 Å². The van der Waals surface area contributed by atoms with Crippen LogP contribution in [-0.2, 0) is 11.2 Å². The topological polar surface area (TPSA) is 81.3 Å². The van der Waals surface area contributed by atoms with Crippen LogP contribution in [-0.4, -0.2) is 64.9 Å². The number of aromatic nitrogens is 2. The number of nitrogens with one attached hydrogen (secondary N) is 2. The normalized spacial score (nSPS) is 20.7. The van der Waals surface area contributed by atoms with E-state index >= 15 is 0 Å². The first-order valence-corrected chi connectivity index (χ1v) is 10.3. The highest BCUT2D eigenvalue weighted by Crippen LogP contribution is 2.32. The Hall–Kier alpha value is -2.57. The van der Waals surface area contributed by atoms with Gasteiger partial charge in [-0.2, -0.15) is 0 Å². The summed E-state index contributed by atoms with van der Waals surface area (Å²) >= 11 is 0. The van der Waals surface area contributed by atoms with Gasteiger partial charge in [-0.05, 0) is 43.2 Å². The zero-order chi connectivity index (χ0) is 19.5. The van der Waals surface area contributed by atoms with E-state index in [1.54, 1.807) is 7.05 Å². The maximum Gasteiger partial charge on any atom is 0.317 e. The summed E-state index contributed by atoms with van der Waals surface area (Å²) in [5.41, 5.74) is 1.98. The molecule has 1 unspecified atom stereocenters. The zero-order valence-corrected chi connectivity index (χ0v) is 16.5.